The highest BCUT2D eigenvalue weighted by molar-refractivity contribution is 5.53. The number of hydrogen-bond donors (Lipinski definition) is 0. The first-order chi connectivity index (χ1) is 6.99. The molecule has 0 unspecified atom stereocenters. The second-order valence-corrected chi connectivity index (χ2v) is 4.64. The van der Waals surface area contributed by atoms with Crippen LogP contribution < -0.4 is 4.74 Å². The van der Waals surface area contributed by atoms with Crippen molar-refractivity contribution >= 4 is 6.08 Å². The predicted molar refractivity (Wildman–Crippen MR) is 66.4 cm³/mol. The van der Waals surface area contributed by atoms with E-state index in [1.54, 1.807) is 0 Å². The molecule has 0 fully saturated rings. The predicted octanol–water partition coefficient (Wildman–Crippen LogP) is 4.03. The molecule has 0 aliphatic heterocycles. The van der Waals surface area contributed by atoms with E-state index < -0.39 is 0 Å². The SMILES string of the molecule is C=Cc1ccc(C(C)(C)C)c(OCC)c1. The lowest BCUT2D eigenvalue weighted by atomic mass is 9.86. The fourth-order valence-corrected chi connectivity index (χ4v) is 1.56. The van der Waals surface area contributed by atoms with Gasteiger partial charge in [-0.25, -0.2) is 0 Å². The Labute approximate surface area is 92.8 Å². The Hall–Kier alpha value is -1.24. The summed E-state index contributed by atoms with van der Waals surface area (Å²) in [5.41, 5.74) is 2.46. The fourth-order valence-electron chi connectivity index (χ4n) is 1.56. The van der Waals surface area contributed by atoms with Crippen molar-refractivity contribution in [2.45, 2.75) is 33.1 Å². The summed E-state index contributed by atoms with van der Waals surface area (Å²) in [6.07, 6.45) is 1.84. The summed E-state index contributed by atoms with van der Waals surface area (Å²) in [6.45, 7) is 13.1. The number of benzene rings is 1. The molecule has 0 heterocycles. The third kappa shape index (κ3) is 2.85. The summed E-state index contributed by atoms with van der Waals surface area (Å²) in [5, 5.41) is 0. The second-order valence-electron chi connectivity index (χ2n) is 4.64. The van der Waals surface area contributed by atoms with E-state index >= 15 is 0 Å². The second kappa shape index (κ2) is 4.52. The molecule has 0 bridgehead atoms. The molecule has 0 radical (unpaired) electrons. The molecule has 1 aromatic carbocycles. The zero-order valence-electron chi connectivity index (χ0n) is 10.1. The molecule has 1 rings (SSSR count). The van der Waals surface area contributed by atoms with Gasteiger partial charge < -0.3 is 4.74 Å². The van der Waals surface area contributed by atoms with Crippen LogP contribution in [0.1, 0.15) is 38.8 Å². The Kier molecular flexibility index (Phi) is 3.57. The van der Waals surface area contributed by atoms with E-state index in [0.29, 0.717) is 6.61 Å². The standard InChI is InChI=1S/C14H20O/c1-6-11-8-9-12(14(3,4)5)13(10-11)15-7-2/h6,8-10H,1,7H2,2-5H3. The Morgan fingerprint density at radius 3 is 2.47 bits per heavy atom. The van der Waals surface area contributed by atoms with Gasteiger partial charge in [0.05, 0.1) is 6.61 Å². The lowest BCUT2D eigenvalue weighted by Crippen LogP contribution is -2.13. The quantitative estimate of drug-likeness (QED) is 0.722. The molecule has 1 aromatic rings. The van der Waals surface area contributed by atoms with Crippen molar-refractivity contribution in [2.24, 2.45) is 0 Å². The van der Waals surface area contributed by atoms with E-state index in [4.69, 9.17) is 4.74 Å². The molecular weight excluding hydrogens is 184 g/mol. The Balaban J connectivity index is 3.20. The molecule has 0 spiro atoms. The van der Waals surface area contributed by atoms with E-state index in [1.807, 2.05) is 13.0 Å². The normalized spacial score (nSPS) is 11.2. The molecule has 0 aromatic heterocycles. The van der Waals surface area contributed by atoms with Crippen LogP contribution in [0.5, 0.6) is 5.75 Å². The molecule has 0 saturated carbocycles. The van der Waals surface area contributed by atoms with Gasteiger partial charge in [0, 0.05) is 0 Å². The molecule has 82 valence electrons. The molecule has 0 amide bonds. The smallest absolute Gasteiger partial charge is 0.123 e. The Bertz CT molecular complexity index is 345. The minimum absolute atomic E-state index is 0.115. The van der Waals surface area contributed by atoms with Crippen LogP contribution in [0.3, 0.4) is 0 Å². The zero-order chi connectivity index (χ0) is 11.5. The Morgan fingerprint density at radius 1 is 1.33 bits per heavy atom. The van der Waals surface area contributed by atoms with Crippen molar-refractivity contribution in [2.75, 3.05) is 6.61 Å². The lowest BCUT2D eigenvalue weighted by molar-refractivity contribution is 0.330. The van der Waals surface area contributed by atoms with Crippen molar-refractivity contribution in [1.82, 2.24) is 0 Å². The summed E-state index contributed by atoms with van der Waals surface area (Å²) < 4.78 is 5.66. The molecule has 0 N–H and O–H groups in total. The highest BCUT2D eigenvalue weighted by Crippen LogP contribution is 2.32. The van der Waals surface area contributed by atoms with E-state index in [1.165, 1.54) is 5.56 Å². The average molecular weight is 204 g/mol. The summed E-state index contributed by atoms with van der Waals surface area (Å²) in [7, 11) is 0. The van der Waals surface area contributed by atoms with Gasteiger partial charge in [-0.05, 0) is 29.5 Å². The van der Waals surface area contributed by atoms with Crippen LogP contribution >= 0.6 is 0 Å². The van der Waals surface area contributed by atoms with Crippen molar-refractivity contribution in [3.05, 3.63) is 35.9 Å². The van der Waals surface area contributed by atoms with Gasteiger partial charge in [-0.15, -0.1) is 0 Å². The van der Waals surface area contributed by atoms with Crippen molar-refractivity contribution in [1.29, 1.82) is 0 Å². The van der Waals surface area contributed by atoms with Crippen LogP contribution in [-0.2, 0) is 5.41 Å². The van der Waals surface area contributed by atoms with E-state index in [9.17, 15) is 0 Å². The van der Waals surface area contributed by atoms with Gasteiger partial charge in [-0.2, -0.15) is 0 Å². The topological polar surface area (TPSA) is 9.23 Å². The molecular formula is C14H20O. The van der Waals surface area contributed by atoms with Crippen LogP contribution in [0.2, 0.25) is 0 Å². The third-order valence-electron chi connectivity index (χ3n) is 2.35. The van der Waals surface area contributed by atoms with Crippen LogP contribution in [0.25, 0.3) is 6.08 Å². The monoisotopic (exact) mass is 204 g/mol. The van der Waals surface area contributed by atoms with Crippen molar-refractivity contribution in [3.8, 4) is 5.75 Å². The fraction of sp³-hybridized carbons (Fsp3) is 0.429. The van der Waals surface area contributed by atoms with E-state index in [2.05, 4.69) is 45.5 Å². The lowest BCUT2D eigenvalue weighted by Gasteiger charge is -2.22. The molecule has 15 heavy (non-hydrogen) atoms. The highest BCUT2D eigenvalue weighted by Gasteiger charge is 2.18. The van der Waals surface area contributed by atoms with Gasteiger partial charge in [0.1, 0.15) is 5.75 Å². The third-order valence-corrected chi connectivity index (χ3v) is 2.35. The van der Waals surface area contributed by atoms with Crippen molar-refractivity contribution < 1.29 is 4.74 Å². The summed E-state index contributed by atoms with van der Waals surface area (Å²) in [5.74, 6) is 0.974. The largest absolute Gasteiger partial charge is 0.494 e. The zero-order valence-corrected chi connectivity index (χ0v) is 10.1. The highest BCUT2D eigenvalue weighted by atomic mass is 16.5. The molecule has 0 aliphatic rings. The van der Waals surface area contributed by atoms with Gasteiger partial charge in [0.2, 0.25) is 0 Å². The first-order valence-corrected chi connectivity index (χ1v) is 5.38. The van der Waals surface area contributed by atoms with Gasteiger partial charge in [-0.1, -0.05) is 45.6 Å². The van der Waals surface area contributed by atoms with E-state index in [-0.39, 0.29) is 5.41 Å². The number of rotatable bonds is 3. The number of ether oxygens (including phenoxy) is 1. The summed E-state index contributed by atoms with van der Waals surface area (Å²) in [4.78, 5) is 0. The van der Waals surface area contributed by atoms with Gasteiger partial charge in [0.25, 0.3) is 0 Å². The summed E-state index contributed by atoms with van der Waals surface area (Å²) >= 11 is 0. The van der Waals surface area contributed by atoms with Gasteiger partial charge >= 0.3 is 0 Å². The van der Waals surface area contributed by atoms with E-state index in [0.717, 1.165) is 11.3 Å². The van der Waals surface area contributed by atoms with Crippen LogP contribution in [-0.4, -0.2) is 6.61 Å². The molecule has 1 nitrogen and oxygen atoms in total. The summed E-state index contributed by atoms with van der Waals surface area (Å²) in [6, 6.07) is 6.26. The first kappa shape index (κ1) is 11.8. The maximum atomic E-state index is 5.66. The maximum absolute atomic E-state index is 5.66. The first-order valence-electron chi connectivity index (χ1n) is 5.38. The number of hydrogen-bond acceptors (Lipinski definition) is 1. The van der Waals surface area contributed by atoms with Crippen LogP contribution in [0.15, 0.2) is 24.8 Å². The maximum Gasteiger partial charge on any atom is 0.123 e. The van der Waals surface area contributed by atoms with Gasteiger partial charge in [-0.3, -0.25) is 0 Å². The minimum atomic E-state index is 0.115. The minimum Gasteiger partial charge on any atom is -0.494 e. The van der Waals surface area contributed by atoms with Crippen LogP contribution in [0.4, 0.5) is 0 Å². The molecule has 0 saturated heterocycles. The molecule has 0 atom stereocenters. The average Bonchev–Trinajstić information content (AvgIpc) is 2.16. The molecule has 0 aliphatic carbocycles. The van der Waals surface area contributed by atoms with Crippen molar-refractivity contribution in [3.63, 3.8) is 0 Å². The van der Waals surface area contributed by atoms with Gasteiger partial charge in [0.15, 0.2) is 0 Å². The van der Waals surface area contributed by atoms with Crippen LogP contribution in [0, 0.1) is 0 Å². The Morgan fingerprint density at radius 2 is 2.00 bits per heavy atom. The molecule has 1 heteroatoms.